The molecule has 0 N–H and O–H groups in total. The van der Waals surface area contributed by atoms with Gasteiger partial charge in [0.1, 0.15) is 5.15 Å². The van der Waals surface area contributed by atoms with Gasteiger partial charge in [-0.2, -0.15) is 0 Å². The third-order valence-electron chi connectivity index (χ3n) is 1.20. The molecule has 0 bridgehead atoms. The highest BCUT2D eigenvalue weighted by Crippen LogP contribution is 2.14. The van der Waals surface area contributed by atoms with Gasteiger partial charge in [-0.15, -0.1) is 0 Å². The van der Waals surface area contributed by atoms with Crippen molar-refractivity contribution in [3.63, 3.8) is 0 Å². The first-order chi connectivity index (χ1) is 5.76. The van der Waals surface area contributed by atoms with Gasteiger partial charge in [-0.1, -0.05) is 23.4 Å². The number of nitrogens with zero attached hydrogens (tertiary/aromatic N) is 2. The molecule has 0 spiro atoms. The molecule has 66 valence electrons. The van der Waals surface area contributed by atoms with Crippen LogP contribution in [0, 0.1) is 0 Å². The first-order valence-electron chi connectivity index (χ1n) is 3.32. The Labute approximate surface area is 80.5 Å². The summed E-state index contributed by atoms with van der Waals surface area (Å²) in [5, 5.41) is 1.14. The molecule has 0 aromatic carbocycles. The molecule has 0 aliphatic carbocycles. The first kappa shape index (κ1) is 9.77. The molecule has 12 heavy (non-hydrogen) atoms. The second-order valence-corrected chi connectivity index (χ2v) is 3.26. The van der Waals surface area contributed by atoms with Crippen LogP contribution < -0.4 is 0 Å². The van der Waals surface area contributed by atoms with Crippen LogP contribution in [0.25, 0.3) is 0 Å². The third kappa shape index (κ3) is 2.62. The van der Waals surface area contributed by atoms with Crippen LogP contribution in [0.4, 0.5) is 0 Å². The van der Waals surface area contributed by atoms with Crippen molar-refractivity contribution in [3.8, 4) is 0 Å². The maximum Gasteiger partial charge on any atom is 0.189 e. The number of methoxy groups -OCH3 is 1. The fraction of sp³-hybridized carbons (Fsp3) is 0.429. The number of halogens is 1. The van der Waals surface area contributed by atoms with Crippen LogP contribution >= 0.6 is 23.4 Å². The van der Waals surface area contributed by atoms with Gasteiger partial charge >= 0.3 is 0 Å². The molecule has 0 unspecified atom stereocenters. The van der Waals surface area contributed by atoms with Gasteiger partial charge in [-0.25, -0.2) is 9.97 Å². The molecule has 3 nitrogen and oxygen atoms in total. The molecule has 0 aliphatic heterocycles. The summed E-state index contributed by atoms with van der Waals surface area (Å²) in [6.45, 7) is 0.468. The molecule has 5 heteroatoms. The van der Waals surface area contributed by atoms with E-state index >= 15 is 0 Å². The van der Waals surface area contributed by atoms with Gasteiger partial charge in [0.2, 0.25) is 0 Å². The topological polar surface area (TPSA) is 35.0 Å². The van der Waals surface area contributed by atoms with Crippen LogP contribution in [0.3, 0.4) is 0 Å². The molecular weight excluding hydrogens is 196 g/mol. The molecule has 1 aromatic heterocycles. The average Bonchev–Trinajstić information content (AvgIpc) is 2.04. The monoisotopic (exact) mass is 204 g/mol. The Hall–Kier alpha value is -0.320. The van der Waals surface area contributed by atoms with Crippen molar-refractivity contribution < 1.29 is 4.74 Å². The predicted octanol–water partition coefficient (Wildman–Crippen LogP) is 2.00. The van der Waals surface area contributed by atoms with Crippen LogP contribution in [0.1, 0.15) is 5.69 Å². The van der Waals surface area contributed by atoms with E-state index in [4.69, 9.17) is 16.3 Å². The Morgan fingerprint density at radius 1 is 1.58 bits per heavy atom. The summed E-state index contributed by atoms with van der Waals surface area (Å²) in [6, 6.07) is 1.70. The molecule has 0 aliphatic rings. The van der Waals surface area contributed by atoms with Crippen molar-refractivity contribution in [1.29, 1.82) is 0 Å². The zero-order chi connectivity index (χ0) is 8.97. The van der Waals surface area contributed by atoms with Crippen molar-refractivity contribution >= 4 is 23.4 Å². The maximum atomic E-state index is 5.74. The van der Waals surface area contributed by atoms with Crippen molar-refractivity contribution in [2.24, 2.45) is 0 Å². The third-order valence-corrected chi connectivity index (χ3v) is 1.94. The molecule has 0 atom stereocenters. The van der Waals surface area contributed by atoms with Gasteiger partial charge in [0.15, 0.2) is 5.16 Å². The SMILES string of the molecule is COCc1cc(Cl)nc(SC)n1. The van der Waals surface area contributed by atoms with E-state index in [9.17, 15) is 0 Å². The number of aromatic nitrogens is 2. The smallest absolute Gasteiger partial charge is 0.189 e. The number of thioether (sulfide) groups is 1. The number of ether oxygens (including phenoxy) is 1. The van der Waals surface area contributed by atoms with E-state index in [1.807, 2.05) is 6.26 Å². The van der Waals surface area contributed by atoms with E-state index in [1.165, 1.54) is 11.8 Å². The minimum Gasteiger partial charge on any atom is -0.378 e. The van der Waals surface area contributed by atoms with Gasteiger partial charge in [0, 0.05) is 7.11 Å². The maximum absolute atomic E-state index is 5.74. The minimum atomic E-state index is 0.460. The van der Waals surface area contributed by atoms with Crippen LogP contribution in [0.5, 0.6) is 0 Å². The second kappa shape index (κ2) is 4.64. The molecule has 0 saturated heterocycles. The molecule has 0 fully saturated rings. The van der Waals surface area contributed by atoms with Crippen molar-refractivity contribution in [1.82, 2.24) is 9.97 Å². The molecular formula is C7H9ClN2OS. The largest absolute Gasteiger partial charge is 0.378 e. The quantitative estimate of drug-likeness (QED) is 0.429. The van der Waals surface area contributed by atoms with Crippen molar-refractivity contribution in [3.05, 3.63) is 16.9 Å². The highest BCUT2D eigenvalue weighted by molar-refractivity contribution is 7.98. The Morgan fingerprint density at radius 3 is 2.92 bits per heavy atom. The van der Waals surface area contributed by atoms with E-state index in [-0.39, 0.29) is 0 Å². The Kier molecular flexibility index (Phi) is 3.78. The van der Waals surface area contributed by atoms with Crippen LogP contribution in [-0.2, 0) is 11.3 Å². The highest BCUT2D eigenvalue weighted by Gasteiger charge is 2.01. The highest BCUT2D eigenvalue weighted by atomic mass is 35.5. The van der Waals surface area contributed by atoms with E-state index in [1.54, 1.807) is 13.2 Å². The summed E-state index contributed by atoms with van der Waals surface area (Å²) in [5.74, 6) is 0. The number of hydrogen-bond donors (Lipinski definition) is 0. The van der Waals surface area contributed by atoms with Gasteiger partial charge < -0.3 is 4.74 Å². The summed E-state index contributed by atoms with van der Waals surface area (Å²) < 4.78 is 4.92. The zero-order valence-electron chi connectivity index (χ0n) is 6.87. The minimum absolute atomic E-state index is 0.460. The van der Waals surface area contributed by atoms with Crippen LogP contribution in [0.15, 0.2) is 11.2 Å². The number of rotatable bonds is 3. The van der Waals surface area contributed by atoms with Gasteiger partial charge in [0.25, 0.3) is 0 Å². The second-order valence-electron chi connectivity index (χ2n) is 2.10. The van der Waals surface area contributed by atoms with E-state index in [2.05, 4.69) is 9.97 Å². The Balaban J connectivity index is 2.90. The lowest BCUT2D eigenvalue weighted by Crippen LogP contribution is -1.95. The lowest BCUT2D eigenvalue weighted by Gasteiger charge is -2.01. The Bertz CT molecular complexity index is 270. The van der Waals surface area contributed by atoms with Crippen LogP contribution in [0.2, 0.25) is 5.15 Å². The van der Waals surface area contributed by atoms with Crippen LogP contribution in [-0.4, -0.2) is 23.3 Å². The molecule has 0 saturated carbocycles. The Morgan fingerprint density at radius 2 is 2.33 bits per heavy atom. The lowest BCUT2D eigenvalue weighted by atomic mass is 10.4. The fourth-order valence-corrected chi connectivity index (χ4v) is 1.41. The average molecular weight is 205 g/mol. The van der Waals surface area contributed by atoms with Crippen molar-refractivity contribution in [2.45, 2.75) is 11.8 Å². The van der Waals surface area contributed by atoms with Gasteiger partial charge in [-0.3, -0.25) is 0 Å². The van der Waals surface area contributed by atoms with Gasteiger partial charge in [0.05, 0.1) is 12.3 Å². The summed E-state index contributed by atoms with van der Waals surface area (Å²) in [7, 11) is 1.62. The van der Waals surface area contributed by atoms with E-state index in [0.29, 0.717) is 16.9 Å². The first-order valence-corrected chi connectivity index (χ1v) is 4.93. The molecule has 0 amide bonds. The lowest BCUT2D eigenvalue weighted by molar-refractivity contribution is 0.181. The van der Waals surface area contributed by atoms with Crippen molar-refractivity contribution in [2.75, 3.05) is 13.4 Å². The predicted molar refractivity (Wildman–Crippen MR) is 49.5 cm³/mol. The summed E-state index contributed by atoms with van der Waals surface area (Å²) >= 11 is 7.21. The molecule has 0 radical (unpaired) electrons. The fourth-order valence-electron chi connectivity index (χ4n) is 0.754. The summed E-state index contributed by atoms with van der Waals surface area (Å²) in [6.07, 6.45) is 1.91. The molecule has 1 aromatic rings. The molecule has 1 heterocycles. The van der Waals surface area contributed by atoms with E-state index < -0.39 is 0 Å². The zero-order valence-corrected chi connectivity index (χ0v) is 8.45. The number of hydrogen-bond acceptors (Lipinski definition) is 4. The normalized spacial score (nSPS) is 10.2. The standard InChI is InChI=1S/C7H9ClN2OS/c1-11-4-5-3-6(8)10-7(9-5)12-2/h3H,4H2,1-2H3. The molecule has 1 rings (SSSR count). The van der Waals surface area contributed by atoms with Gasteiger partial charge in [-0.05, 0) is 12.3 Å². The van der Waals surface area contributed by atoms with E-state index in [0.717, 1.165) is 5.69 Å². The summed E-state index contributed by atoms with van der Waals surface area (Å²) in [4.78, 5) is 8.18. The summed E-state index contributed by atoms with van der Waals surface area (Å²) in [5.41, 5.74) is 0.807.